The van der Waals surface area contributed by atoms with Gasteiger partial charge in [-0.25, -0.2) is 8.42 Å². The van der Waals surface area contributed by atoms with Crippen molar-refractivity contribution in [2.24, 2.45) is 0 Å². The van der Waals surface area contributed by atoms with Crippen molar-refractivity contribution >= 4 is 21.6 Å². The Hall–Kier alpha value is -3.84. The van der Waals surface area contributed by atoms with E-state index in [0.29, 0.717) is 23.6 Å². The molecule has 0 unspecified atom stereocenters. The maximum atomic E-state index is 13.5. The number of nitrogens with zero attached hydrogens (tertiary/aromatic N) is 2. The van der Waals surface area contributed by atoms with Crippen LogP contribution in [0.4, 0.5) is 5.69 Å². The average molecular weight is 461 g/mol. The smallest absolute Gasteiger partial charge is 0.264 e. The van der Waals surface area contributed by atoms with Crippen LogP contribution in [0.3, 0.4) is 0 Å². The lowest BCUT2D eigenvalue weighted by Gasteiger charge is -2.23. The summed E-state index contributed by atoms with van der Waals surface area (Å²) in [5.74, 6) is 0.363. The molecule has 1 amide bonds. The summed E-state index contributed by atoms with van der Waals surface area (Å²) in [6, 6.07) is 28.2. The highest BCUT2D eigenvalue weighted by Gasteiger charge is 2.24. The molecule has 0 aliphatic carbocycles. The molecule has 3 aromatic carbocycles. The van der Waals surface area contributed by atoms with E-state index in [1.807, 2.05) is 36.4 Å². The van der Waals surface area contributed by atoms with Crippen LogP contribution >= 0.6 is 0 Å². The van der Waals surface area contributed by atoms with Crippen molar-refractivity contribution in [3.63, 3.8) is 0 Å². The van der Waals surface area contributed by atoms with Crippen LogP contribution in [0.5, 0.6) is 0 Å². The first kappa shape index (κ1) is 22.4. The number of amides is 1. The van der Waals surface area contributed by atoms with Gasteiger partial charge in [0.2, 0.25) is 0 Å². The van der Waals surface area contributed by atoms with Crippen LogP contribution in [-0.2, 0) is 23.1 Å². The maximum absolute atomic E-state index is 13.5. The molecule has 0 fully saturated rings. The van der Waals surface area contributed by atoms with E-state index in [-0.39, 0.29) is 17.3 Å². The van der Waals surface area contributed by atoms with Gasteiger partial charge in [-0.1, -0.05) is 54.6 Å². The number of benzene rings is 3. The first-order valence-electron chi connectivity index (χ1n) is 10.4. The van der Waals surface area contributed by atoms with Gasteiger partial charge in [0.05, 0.1) is 23.4 Å². The van der Waals surface area contributed by atoms with E-state index in [2.05, 4.69) is 0 Å². The van der Waals surface area contributed by atoms with Gasteiger partial charge in [-0.05, 0) is 48.0 Å². The van der Waals surface area contributed by atoms with Crippen LogP contribution < -0.4 is 4.31 Å². The minimum Gasteiger partial charge on any atom is -0.467 e. The van der Waals surface area contributed by atoms with Crippen molar-refractivity contribution < 1.29 is 17.6 Å². The van der Waals surface area contributed by atoms with Gasteiger partial charge >= 0.3 is 0 Å². The normalized spacial score (nSPS) is 11.2. The van der Waals surface area contributed by atoms with Crippen molar-refractivity contribution in [3.8, 4) is 0 Å². The summed E-state index contributed by atoms with van der Waals surface area (Å²) in [7, 11) is -2.34. The largest absolute Gasteiger partial charge is 0.467 e. The molecule has 0 saturated carbocycles. The monoisotopic (exact) mass is 460 g/mol. The third-order valence-electron chi connectivity index (χ3n) is 5.29. The highest BCUT2D eigenvalue weighted by atomic mass is 32.2. The number of para-hydroxylation sites is 1. The molecular formula is C26H24N2O4S. The molecule has 4 rings (SSSR count). The van der Waals surface area contributed by atoms with Crippen LogP contribution in [0.1, 0.15) is 21.7 Å². The van der Waals surface area contributed by atoms with Crippen molar-refractivity contribution in [1.29, 1.82) is 0 Å². The third-order valence-corrected chi connectivity index (χ3v) is 7.07. The molecule has 1 heterocycles. The Morgan fingerprint density at radius 3 is 2.18 bits per heavy atom. The molecule has 168 valence electrons. The first-order chi connectivity index (χ1) is 15.9. The molecule has 33 heavy (non-hydrogen) atoms. The molecule has 0 saturated heterocycles. The van der Waals surface area contributed by atoms with E-state index in [9.17, 15) is 13.2 Å². The van der Waals surface area contributed by atoms with E-state index < -0.39 is 10.0 Å². The molecule has 0 N–H and O–H groups in total. The summed E-state index contributed by atoms with van der Waals surface area (Å²) >= 11 is 0. The second-order valence-electron chi connectivity index (χ2n) is 7.56. The SMILES string of the molecule is CN(c1ccccc1)S(=O)(=O)c1cccc(C(=O)N(Cc2ccccc2)Cc2ccco2)c1. The molecule has 0 aliphatic heterocycles. The molecule has 6 nitrogen and oxygen atoms in total. The Kier molecular flexibility index (Phi) is 6.60. The van der Waals surface area contributed by atoms with E-state index in [0.717, 1.165) is 5.56 Å². The Morgan fingerprint density at radius 1 is 0.818 bits per heavy atom. The number of anilines is 1. The summed E-state index contributed by atoms with van der Waals surface area (Å²) in [6.07, 6.45) is 1.56. The second kappa shape index (κ2) is 9.75. The number of rotatable bonds is 8. The van der Waals surface area contributed by atoms with Crippen LogP contribution in [0.2, 0.25) is 0 Å². The van der Waals surface area contributed by atoms with E-state index in [1.54, 1.807) is 59.7 Å². The second-order valence-corrected chi connectivity index (χ2v) is 9.53. The number of sulfonamides is 1. The van der Waals surface area contributed by atoms with Crippen molar-refractivity contribution in [2.45, 2.75) is 18.0 Å². The quantitative estimate of drug-likeness (QED) is 0.373. The fourth-order valence-electron chi connectivity index (χ4n) is 3.50. The highest BCUT2D eigenvalue weighted by molar-refractivity contribution is 7.92. The summed E-state index contributed by atoms with van der Waals surface area (Å²) in [5, 5.41) is 0. The zero-order valence-electron chi connectivity index (χ0n) is 18.2. The van der Waals surface area contributed by atoms with Gasteiger partial charge in [-0.3, -0.25) is 9.10 Å². The van der Waals surface area contributed by atoms with Crippen molar-refractivity contribution in [1.82, 2.24) is 4.90 Å². The molecular weight excluding hydrogens is 436 g/mol. The third kappa shape index (κ3) is 5.15. The topological polar surface area (TPSA) is 70.8 Å². The standard InChI is InChI=1S/C26H24N2O4S/c1-27(23-13-6-3-7-14-23)33(30,31)25-16-8-12-22(18-25)26(29)28(20-24-15-9-17-32-24)19-21-10-4-2-5-11-21/h2-18H,19-20H2,1H3. The van der Waals surface area contributed by atoms with Gasteiger partial charge in [-0.2, -0.15) is 0 Å². The van der Waals surface area contributed by atoms with Gasteiger partial charge in [0.1, 0.15) is 5.76 Å². The Morgan fingerprint density at radius 2 is 1.52 bits per heavy atom. The van der Waals surface area contributed by atoms with E-state index >= 15 is 0 Å². The number of furan rings is 1. The van der Waals surface area contributed by atoms with Crippen molar-refractivity contribution in [3.05, 3.63) is 120 Å². The Labute approximate surface area is 193 Å². The van der Waals surface area contributed by atoms with Crippen LogP contribution in [0.25, 0.3) is 0 Å². The maximum Gasteiger partial charge on any atom is 0.264 e. The van der Waals surface area contributed by atoms with Gasteiger partial charge in [0.15, 0.2) is 0 Å². The summed E-state index contributed by atoms with van der Waals surface area (Å²) < 4.78 is 33.1. The fraction of sp³-hybridized carbons (Fsp3) is 0.115. The zero-order chi connectivity index (χ0) is 23.3. The molecule has 0 bridgehead atoms. The molecule has 0 radical (unpaired) electrons. The zero-order valence-corrected chi connectivity index (χ0v) is 19.0. The predicted octanol–water partition coefficient (Wildman–Crippen LogP) is 4.95. The van der Waals surface area contributed by atoms with Crippen LogP contribution in [-0.4, -0.2) is 26.3 Å². The van der Waals surface area contributed by atoms with Crippen LogP contribution in [0.15, 0.2) is 113 Å². The molecule has 1 aromatic heterocycles. The number of carbonyl (C=O) groups excluding carboxylic acids is 1. The minimum absolute atomic E-state index is 0.0531. The van der Waals surface area contributed by atoms with Crippen LogP contribution in [0, 0.1) is 0 Å². The molecule has 0 spiro atoms. The summed E-state index contributed by atoms with van der Waals surface area (Å²) in [5.41, 5.74) is 1.79. The predicted molar refractivity (Wildman–Crippen MR) is 127 cm³/mol. The number of hydrogen-bond donors (Lipinski definition) is 0. The van der Waals surface area contributed by atoms with Gasteiger partial charge in [-0.15, -0.1) is 0 Å². The van der Waals surface area contributed by atoms with E-state index in [4.69, 9.17) is 4.42 Å². The number of carbonyl (C=O) groups is 1. The molecule has 0 aliphatic rings. The molecule has 4 aromatic rings. The number of hydrogen-bond acceptors (Lipinski definition) is 4. The fourth-order valence-corrected chi connectivity index (χ4v) is 4.74. The Balaban J connectivity index is 1.64. The van der Waals surface area contributed by atoms with Gasteiger partial charge in [0, 0.05) is 19.2 Å². The van der Waals surface area contributed by atoms with E-state index in [1.165, 1.54) is 23.5 Å². The Bertz CT molecular complexity index is 1300. The summed E-state index contributed by atoms with van der Waals surface area (Å²) in [6.45, 7) is 0.628. The lowest BCUT2D eigenvalue weighted by molar-refractivity contribution is 0.0717. The average Bonchev–Trinajstić information content (AvgIpc) is 3.37. The first-order valence-corrected chi connectivity index (χ1v) is 11.9. The summed E-state index contributed by atoms with van der Waals surface area (Å²) in [4.78, 5) is 15.2. The highest BCUT2D eigenvalue weighted by Crippen LogP contribution is 2.23. The van der Waals surface area contributed by atoms with Crippen molar-refractivity contribution in [2.75, 3.05) is 11.4 Å². The lowest BCUT2D eigenvalue weighted by atomic mass is 10.1. The lowest BCUT2D eigenvalue weighted by Crippen LogP contribution is -2.30. The molecule has 0 atom stereocenters. The minimum atomic E-state index is -3.84. The van der Waals surface area contributed by atoms with Gasteiger partial charge < -0.3 is 9.32 Å². The van der Waals surface area contributed by atoms with Gasteiger partial charge in [0.25, 0.3) is 15.9 Å². The molecule has 7 heteroatoms.